The first-order valence-electron chi connectivity index (χ1n) is 6.79. The fraction of sp³-hybridized carbons (Fsp3) is 0.429. The molecule has 0 amide bonds. The average molecular weight is 311 g/mol. The second kappa shape index (κ2) is 5.27. The van der Waals surface area contributed by atoms with Crippen molar-refractivity contribution in [2.24, 2.45) is 0 Å². The largest absolute Gasteiger partial charge is 0.364 e. The number of hydrogen-bond donors (Lipinski definition) is 1. The maximum atomic E-state index is 14.6. The lowest BCUT2D eigenvalue weighted by Crippen LogP contribution is -2.37. The summed E-state index contributed by atoms with van der Waals surface area (Å²) in [5.74, 6) is 0. The summed E-state index contributed by atoms with van der Waals surface area (Å²) in [4.78, 5) is 15.7. The molecule has 3 rings (SSSR count). The van der Waals surface area contributed by atoms with Crippen LogP contribution in [0.3, 0.4) is 0 Å². The lowest BCUT2D eigenvalue weighted by atomic mass is 10.1. The van der Waals surface area contributed by atoms with Gasteiger partial charge < -0.3 is 5.32 Å². The minimum absolute atomic E-state index is 0.0235. The number of alkyl halides is 1. The zero-order valence-corrected chi connectivity index (χ0v) is 12.4. The molecular weight excluding hydrogens is 295 g/mol. The van der Waals surface area contributed by atoms with E-state index in [-0.39, 0.29) is 13.1 Å². The van der Waals surface area contributed by atoms with Crippen LogP contribution in [0.4, 0.5) is 4.39 Å². The number of aryl methyl sites for hydroxylation is 1. The van der Waals surface area contributed by atoms with E-state index in [1.807, 2.05) is 19.1 Å². The molecule has 0 saturated carbocycles. The maximum Gasteiger partial charge on any atom is 0.364 e. The van der Waals surface area contributed by atoms with Crippen LogP contribution in [0, 0.1) is 6.92 Å². The number of nitrogens with zero attached hydrogens (tertiary/aromatic N) is 3. The van der Waals surface area contributed by atoms with Crippen molar-refractivity contribution in [3.63, 3.8) is 0 Å². The van der Waals surface area contributed by atoms with E-state index in [2.05, 4.69) is 10.3 Å². The van der Waals surface area contributed by atoms with Gasteiger partial charge >= 0.3 is 5.69 Å². The Hall–Kier alpha value is -1.66. The highest BCUT2D eigenvalue weighted by atomic mass is 35.5. The van der Waals surface area contributed by atoms with Crippen molar-refractivity contribution in [1.82, 2.24) is 19.7 Å². The molecule has 5 nitrogen and oxygen atoms in total. The van der Waals surface area contributed by atoms with E-state index >= 15 is 0 Å². The van der Waals surface area contributed by atoms with E-state index in [4.69, 9.17) is 11.6 Å². The summed E-state index contributed by atoms with van der Waals surface area (Å²) in [6.45, 7) is 2.74. The van der Waals surface area contributed by atoms with E-state index < -0.39 is 11.4 Å². The Bertz CT molecular complexity index is 718. The van der Waals surface area contributed by atoms with E-state index in [1.165, 1.54) is 11.0 Å². The highest BCUT2D eigenvalue weighted by Crippen LogP contribution is 2.23. The summed E-state index contributed by atoms with van der Waals surface area (Å²) in [5.41, 5.74) is -0.252. The summed E-state index contributed by atoms with van der Waals surface area (Å²) in [6.07, 6.45) is 1.79. The quantitative estimate of drug-likeness (QED) is 0.939. The van der Waals surface area contributed by atoms with Crippen molar-refractivity contribution in [2.75, 3.05) is 13.1 Å². The molecule has 0 spiro atoms. The van der Waals surface area contributed by atoms with Crippen LogP contribution in [-0.2, 0) is 6.54 Å². The van der Waals surface area contributed by atoms with Crippen LogP contribution in [0.1, 0.15) is 12.0 Å². The van der Waals surface area contributed by atoms with Crippen molar-refractivity contribution >= 4 is 11.6 Å². The zero-order valence-electron chi connectivity index (χ0n) is 11.6. The van der Waals surface area contributed by atoms with Crippen molar-refractivity contribution in [2.45, 2.75) is 25.6 Å². The number of rotatable bonds is 3. The summed E-state index contributed by atoms with van der Waals surface area (Å²) < 4.78 is 17.5. The van der Waals surface area contributed by atoms with Crippen molar-refractivity contribution in [3.8, 4) is 5.69 Å². The third-order valence-electron chi connectivity index (χ3n) is 3.80. The normalized spacial score (nSPS) is 21.9. The molecule has 112 valence electrons. The van der Waals surface area contributed by atoms with Gasteiger partial charge in [0.15, 0.2) is 0 Å². The van der Waals surface area contributed by atoms with Gasteiger partial charge in [0.05, 0.1) is 12.2 Å². The first-order valence-corrected chi connectivity index (χ1v) is 7.17. The molecule has 7 heteroatoms. The number of halogens is 2. The zero-order chi connectivity index (χ0) is 15.0. The Morgan fingerprint density at radius 2 is 2.33 bits per heavy atom. The Balaban J connectivity index is 2.00. The second-order valence-electron chi connectivity index (χ2n) is 5.44. The number of hydrogen-bond acceptors (Lipinski definition) is 3. The monoisotopic (exact) mass is 310 g/mol. The molecule has 1 saturated heterocycles. The minimum atomic E-state index is -1.42. The van der Waals surface area contributed by atoms with E-state index in [0.717, 1.165) is 5.56 Å². The first-order chi connectivity index (χ1) is 9.98. The highest BCUT2D eigenvalue weighted by Gasteiger charge is 2.35. The first kappa shape index (κ1) is 14.3. The van der Waals surface area contributed by atoms with Gasteiger partial charge in [0.2, 0.25) is 0 Å². The minimum Gasteiger partial charge on any atom is -0.313 e. The summed E-state index contributed by atoms with van der Waals surface area (Å²) in [7, 11) is 0. The molecule has 0 radical (unpaired) electrons. The smallest absolute Gasteiger partial charge is 0.313 e. The third-order valence-corrected chi connectivity index (χ3v) is 4.21. The molecule has 0 aliphatic carbocycles. The lowest BCUT2D eigenvalue weighted by molar-refractivity contribution is 0.149. The number of nitrogens with one attached hydrogen (secondary N) is 1. The van der Waals surface area contributed by atoms with E-state index in [0.29, 0.717) is 23.7 Å². The Kier molecular flexibility index (Phi) is 3.59. The topological polar surface area (TPSA) is 51.9 Å². The average Bonchev–Trinajstić information content (AvgIpc) is 3.02. The standard InChI is InChI=1S/C14H16ClFN4O/c1-10-2-3-11(6-12(10)15)20-9-18-13(21)19(20)8-14(16)4-5-17-7-14/h2-3,6,9,17H,4-5,7-8H2,1H3. The van der Waals surface area contributed by atoms with Gasteiger partial charge in [0.1, 0.15) is 12.0 Å². The maximum absolute atomic E-state index is 14.6. The summed E-state index contributed by atoms with van der Waals surface area (Å²) in [5, 5.41) is 3.57. The third kappa shape index (κ3) is 2.73. The van der Waals surface area contributed by atoms with Gasteiger partial charge in [-0.25, -0.2) is 18.5 Å². The van der Waals surface area contributed by atoms with Crippen LogP contribution < -0.4 is 11.0 Å². The summed E-state index contributed by atoms with van der Waals surface area (Å²) >= 11 is 6.12. The SMILES string of the molecule is Cc1ccc(-n2cnc(=O)n2CC2(F)CCNC2)cc1Cl. The summed E-state index contributed by atoms with van der Waals surface area (Å²) in [6, 6.07) is 5.43. The predicted molar refractivity (Wildman–Crippen MR) is 78.9 cm³/mol. The van der Waals surface area contributed by atoms with Crippen LogP contribution in [0.25, 0.3) is 5.69 Å². The fourth-order valence-corrected chi connectivity index (χ4v) is 2.69. The lowest BCUT2D eigenvalue weighted by Gasteiger charge is -2.20. The van der Waals surface area contributed by atoms with E-state index in [9.17, 15) is 9.18 Å². The van der Waals surface area contributed by atoms with Crippen LogP contribution in [0.2, 0.25) is 5.02 Å². The van der Waals surface area contributed by atoms with Gasteiger partial charge in [-0.05, 0) is 37.6 Å². The molecule has 0 bridgehead atoms. The van der Waals surface area contributed by atoms with Crippen LogP contribution in [0.15, 0.2) is 29.3 Å². The molecule has 1 aromatic carbocycles. The van der Waals surface area contributed by atoms with Gasteiger partial charge in [-0.2, -0.15) is 4.98 Å². The molecule has 1 aromatic heterocycles. The molecule has 1 atom stereocenters. The molecule has 1 unspecified atom stereocenters. The molecular formula is C14H16ClFN4O. The van der Waals surface area contributed by atoms with E-state index in [1.54, 1.807) is 10.7 Å². The van der Waals surface area contributed by atoms with Gasteiger partial charge in [0, 0.05) is 11.6 Å². The molecule has 1 N–H and O–H groups in total. The predicted octanol–water partition coefficient (Wildman–Crippen LogP) is 1.70. The molecule has 1 aliphatic rings. The molecule has 1 aliphatic heterocycles. The van der Waals surface area contributed by atoms with Gasteiger partial charge in [-0.15, -0.1) is 0 Å². The highest BCUT2D eigenvalue weighted by molar-refractivity contribution is 6.31. The van der Waals surface area contributed by atoms with Gasteiger partial charge in [-0.3, -0.25) is 0 Å². The van der Waals surface area contributed by atoms with Crippen molar-refractivity contribution < 1.29 is 4.39 Å². The Labute approximate surface area is 126 Å². The molecule has 1 fully saturated rings. The Morgan fingerprint density at radius 1 is 1.52 bits per heavy atom. The van der Waals surface area contributed by atoms with Crippen LogP contribution in [0.5, 0.6) is 0 Å². The van der Waals surface area contributed by atoms with Crippen molar-refractivity contribution in [3.05, 3.63) is 45.6 Å². The second-order valence-corrected chi connectivity index (χ2v) is 5.85. The Morgan fingerprint density at radius 3 is 3.00 bits per heavy atom. The molecule has 2 aromatic rings. The van der Waals surface area contributed by atoms with Gasteiger partial charge in [0.25, 0.3) is 0 Å². The molecule has 2 heterocycles. The molecule has 21 heavy (non-hydrogen) atoms. The van der Waals surface area contributed by atoms with Crippen LogP contribution >= 0.6 is 11.6 Å². The number of aromatic nitrogens is 3. The fourth-order valence-electron chi connectivity index (χ4n) is 2.52. The van der Waals surface area contributed by atoms with Crippen LogP contribution in [-0.4, -0.2) is 33.1 Å². The number of benzene rings is 1. The van der Waals surface area contributed by atoms with Gasteiger partial charge in [-0.1, -0.05) is 17.7 Å². The van der Waals surface area contributed by atoms with Crippen molar-refractivity contribution in [1.29, 1.82) is 0 Å².